The molecule has 0 saturated carbocycles. The van der Waals surface area contributed by atoms with E-state index in [0.29, 0.717) is 12.1 Å². The zero-order valence-electron chi connectivity index (χ0n) is 14.7. The zero-order chi connectivity index (χ0) is 17.4. The standard InChI is InChI=1S/C20H28FNO2/c1-2-3-4-5-6-7-8-9-10-11-14-22-19(23)17-13-12-16(21)15-18(17)20(22)24/h12-13,15H,2-11,14H2,1H3. The number of hydrogen-bond donors (Lipinski definition) is 0. The summed E-state index contributed by atoms with van der Waals surface area (Å²) in [4.78, 5) is 25.6. The van der Waals surface area contributed by atoms with Gasteiger partial charge in [0.2, 0.25) is 0 Å². The highest BCUT2D eigenvalue weighted by atomic mass is 19.1. The van der Waals surface area contributed by atoms with Crippen molar-refractivity contribution in [1.29, 1.82) is 0 Å². The van der Waals surface area contributed by atoms with E-state index in [2.05, 4.69) is 6.92 Å². The van der Waals surface area contributed by atoms with Crippen LogP contribution in [-0.4, -0.2) is 23.3 Å². The lowest BCUT2D eigenvalue weighted by Gasteiger charge is -2.13. The van der Waals surface area contributed by atoms with Crippen molar-refractivity contribution in [1.82, 2.24) is 4.90 Å². The first-order valence-electron chi connectivity index (χ1n) is 9.31. The molecule has 0 fully saturated rings. The topological polar surface area (TPSA) is 37.4 Å². The van der Waals surface area contributed by atoms with Gasteiger partial charge in [-0.2, -0.15) is 0 Å². The number of halogens is 1. The average molecular weight is 333 g/mol. The number of carbonyl (C=O) groups is 2. The molecular weight excluding hydrogens is 305 g/mol. The van der Waals surface area contributed by atoms with Crippen LogP contribution in [0.3, 0.4) is 0 Å². The van der Waals surface area contributed by atoms with Gasteiger partial charge in [-0.1, -0.05) is 64.7 Å². The van der Waals surface area contributed by atoms with Crippen LogP contribution in [0.2, 0.25) is 0 Å². The van der Waals surface area contributed by atoms with E-state index in [1.807, 2.05) is 0 Å². The minimum atomic E-state index is -0.476. The third-order valence-electron chi connectivity index (χ3n) is 4.67. The van der Waals surface area contributed by atoms with Crippen molar-refractivity contribution in [2.24, 2.45) is 0 Å². The van der Waals surface area contributed by atoms with E-state index in [1.165, 1.54) is 62.0 Å². The van der Waals surface area contributed by atoms with Gasteiger partial charge in [-0.25, -0.2) is 4.39 Å². The van der Waals surface area contributed by atoms with Crippen molar-refractivity contribution in [3.8, 4) is 0 Å². The van der Waals surface area contributed by atoms with Gasteiger partial charge in [0.15, 0.2) is 0 Å². The van der Waals surface area contributed by atoms with E-state index < -0.39 is 5.82 Å². The fraction of sp³-hybridized carbons (Fsp3) is 0.600. The number of unbranched alkanes of at least 4 members (excludes halogenated alkanes) is 9. The van der Waals surface area contributed by atoms with Crippen LogP contribution in [0.15, 0.2) is 18.2 Å². The molecule has 0 aromatic heterocycles. The van der Waals surface area contributed by atoms with Gasteiger partial charge in [0, 0.05) is 6.54 Å². The monoisotopic (exact) mass is 333 g/mol. The van der Waals surface area contributed by atoms with Crippen LogP contribution in [-0.2, 0) is 0 Å². The molecule has 1 aromatic carbocycles. The van der Waals surface area contributed by atoms with Crippen LogP contribution in [0.5, 0.6) is 0 Å². The Balaban J connectivity index is 1.62. The molecule has 1 aliphatic rings. The third kappa shape index (κ3) is 4.89. The molecule has 1 heterocycles. The first kappa shape index (κ1) is 18.6. The summed E-state index contributed by atoms with van der Waals surface area (Å²) < 4.78 is 13.2. The van der Waals surface area contributed by atoms with Crippen LogP contribution in [0.4, 0.5) is 4.39 Å². The molecule has 1 aliphatic heterocycles. The van der Waals surface area contributed by atoms with E-state index in [0.717, 1.165) is 25.3 Å². The lowest BCUT2D eigenvalue weighted by atomic mass is 10.1. The maximum Gasteiger partial charge on any atom is 0.261 e. The summed E-state index contributed by atoms with van der Waals surface area (Å²) in [7, 11) is 0. The molecule has 4 heteroatoms. The van der Waals surface area contributed by atoms with Crippen molar-refractivity contribution in [3.05, 3.63) is 35.1 Å². The Kier molecular flexibility index (Phi) is 7.41. The van der Waals surface area contributed by atoms with Crippen molar-refractivity contribution in [2.75, 3.05) is 6.54 Å². The van der Waals surface area contributed by atoms with Crippen LogP contribution in [0, 0.1) is 5.82 Å². The molecule has 0 N–H and O–H groups in total. The molecule has 0 saturated heterocycles. The fourth-order valence-corrected chi connectivity index (χ4v) is 3.22. The molecule has 0 atom stereocenters. The Hall–Kier alpha value is -1.71. The highest BCUT2D eigenvalue weighted by Gasteiger charge is 2.35. The molecule has 0 aliphatic carbocycles. The SMILES string of the molecule is CCCCCCCCCCCCN1C(=O)c2ccc(F)cc2C1=O. The summed E-state index contributed by atoms with van der Waals surface area (Å²) in [5.41, 5.74) is 0.528. The van der Waals surface area contributed by atoms with Crippen LogP contribution < -0.4 is 0 Å². The number of nitrogens with zero attached hydrogens (tertiary/aromatic N) is 1. The van der Waals surface area contributed by atoms with E-state index in [1.54, 1.807) is 0 Å². The van der Waals surface area contributed by atoms with Crippen molar-refractivity contribution >= 4 is 11.8 Å². The Bertz CT molecular complexity index is 571. The lowest BCUT2D eigenvalue weighted by molar-refractivity contribution is 0.0651. The molecule has 0 radical (unpaired) electrons. The average Bonchev–Trinajstić information content (AvgIpc) is 2.80. The van der Waals surface area contributed by atoms with Crippen molar-refractivity contribution in [3.63, 3.8) is 0 Å². The molecule has 24 heavy (non-hydrogen) atoms. The molecule has 2 amide bonds. The van der Waals surface area contributed by atoms with Crippen LogP contribution in [0.25, 0.3) is 0 Å². The minimum absolute atomic E-state index is 0.201. The van der Waals surface area contributed by atoms with Gasteiger partial charge in [0.1, 0.15) is 5.82 Å². The van der Waals surface area contributed by atoms with Gasteiger partial charge in [-0.15, -0.1) is 0 Å². The summed E-state index contributed by atoms with van der Waals surface area (Å²) in [6.07, 6.45) is 12.1. The summed E-state index contributed by atoms with van der Waals surface area (Å²) in [6, 6.07) is 3.80. The van der Waals surface area contributed by atoms with Crippen LogP contribution >= 0.6 is 0 Å². The number of amides is 2. The predicted octanol–water partition coefficient (Wildman–Crippen LogP) is 5.34. The highest BCUT2D eigenvalue weighted by Crippen LogP contribution is 2.24. The Labute approximate surface area is 144 Å². The second kappa shape index (κ2) is 9.55. The highest BCUT2D eigenvalue weighted by molar-refractivity contribution is 6.21. The van der Waals surface area contributed by atoms with Gasteiger partial charge < -0.3 is 0 Å². The molecule has 0 bridgehead atoms. The normalized spacial score (nSPS) is 13.7. The molecule has 1 aromatic rings. The summed E-state index contributed by atoms with van der Waals surface area (Å²) in [6.45, 7) is 2.66. The van der Waals surface area contributed by atoms with Gasteiger partial charge in [-0.3, -0.25) is 14.5 Å². The number of hydrogen-bond acceptors (Lipinski definition) is 2. The minimum Gasteiger partial charge on any atom is -0.274 e. The van der Waals surface area contributed by atoms with Gasteiger partial charge in [-0.05, 0) is 24.6 Å². The number of imide groups is 1. The van der Waals surface area contributed by atoms with Gasteiger partial charge >= 0.3 is 0 Å². The number of benzene rings is 1. The Morgan fingerprint density at radius 3 is 1.96 bits per heavy atom. The van der Waals surface area contributed by atoms with E-state index >= 15 is 0 Å². The molecule has 0 spiro atoms. The first-order valence-corrected chi connectivity index (χ1v) is 9.31. The Morgan fingerprint density at radius 2 is 1.33 bits per heavy atom. The maximum absolute atomic E-state index is 13.2. The molecule has 132 valence electrons. The fourth-order valence-electron chi connectivity index (χ4n) is 3.22. The molecule has 2 rings (SSSR count). The van der Waals surface area contributed by atoms with Crippen molar-refractivity contribution < 1.29 is 14.0 Å². The Morgan fingerprint density at radius 1 is 0.792 bits per heavy atom. The van der Waals surface area contributed by atoms with Gasteiger partial charge in [0.05, 0.1) is 11.1 Å². The van der Waals surface area contributed by atoms with E-state index in [9.17, 15) is 14.0 Å². The lowest BCUT2D eigenvalue weighted by Crippen LogP contribution is -2.30. The molecular formula is C20H28FNO2. The second-order valence-electron chi connectivity index (χ2n) is 6.63. The smallest absolute Gasteiger partial charge is 0.261 e. The zero-order valence-corrected chi connectivity index (χ0v) is 14.7. The van der Waals surface area contributed by atoms with Gasteiger partial charge in [0.25, 0.3) is 11.8 Å². The van der Waals surface area contributed by atoms with E-state index in [-0.39, 0.29) is 17.4 Å². The number of fused-ring (bicyclic) bond motifs is 1. The van der Waals surface area contributed by atoms with E-state index in [4.69, 9.17) is 0 Å². The van der Waals surface area contributed by atoms with Crippen LogP contribution in [0.1, 0.15) is 91.8 Å². The number of rotatable bonds is 11. The maximum atomic E-state index is 13.2. The van der Waals surface area contributed by atoms with Crippen molar-refractivity contribution in [2.45, 2.75) is 71.1 Å². The number of carbonyl (C=O) groups excluding carboxylic acids is 2. The largest absolute Gasteiger partial charge is 0.274 e. The summed E-state index contributed by atoms with van der Waals surface area (Å²) in [5, 5.41) is 0. The quantitative estimate of drug-likeness (QED) is 0.405. The molecule has 0 unspecified atom stereocenters. The molecule has 3 nitrogen and oxygen atoms in total. The first-order chi connectivity index (χ1) is 11.6. The predicted molar refractivity (Wildman–Crippen MR) is 93.6 cm³/mol. The third-order valence-corrected chi connectivity index (χ3v) is 4.67. The second-order valence-corrected chi connectivity index (χ2v) is 6.63. The summed E-state index contributed by atoms with van der Waals surface area (Å²) in [5.74, 6) is -1.12. The summed E-state index contributed by atoms with van der Waals surface area (Å²) >= 11 is 0.